The fourth-order valence-electron chi connectivity index (χ4n) is 6.93. The Hall–Kier alpha value is -1.82. The van der Waals surface area contributed by atoms with E-state index < -0.39 is 49.4 Å². The van der Waals surface area contributed by atoms with Gasteiger partial charge in [0.2, 0.25) is 0 Å². The quantitative estimate of drug-likeness (QED) is 0.0270. The lowest BCUT2D eigenvalue weighted by Gasteiger charge is -2.39. The molecule has 6 unspecified atom stereocenters. The smallest absolute Gasteiger partial charge is 0.306 e. The lowest BCUT2D eigenvalue weighted by atomic mass is 9.99. The van der Waals surface area contributed by atoms with Gasteiger partial charge in [-0.25, -0.2) is 0 Å². The Morgan fingerprint density at radius 3 is 1.55 bits per heavy atom. The van der Waals surface area contributed by atoms with Crippen LogP contribution in [0.2, 0.25) is 0 Å². The normalized spacial score (nSPS) is 20.6. The summed E-state index contributed by atoms with van der Waals surface area (Å²) in [6.07, 6.45) is 33.3. The van der Waals surface area contributed by atoms with Crippen molar-refractivity contribution in [1.82, 2.24) is 0 Å². The second-order valence-corrected chi connectivity index (χ2v) is 15.9. The molecule has 10 nitrogen and oxygen atoms in total. The Balaban J connectivity index is 2.30. The summed E-state index contributed by atoms with van der Waals surface area (Å²) in [5.74, 6) is -0.816. The molecule has 6 atom stereocenters. The average molecular weight is 797 g/mol. The van der Waals surface area contributed by atoms with E-state index in [0.29, 0.717) is 6.42 Å². The Morgan fingerprint density at radius 2 is 1.04 bits per heavy atom. The molecule has 1 fully saturated rings. The van der Waals surface area contributed by atoms with E-state index in [9.17, 15) is 30.0 Å². The summed E-state index contributed by atoms with van der Waals surface area (Å²) in [5, 5.41) is 40.0. The summed E-state index contributed by atoms with van der Waals surface area (Å²) in [7, 11) is 0. The van der Waals surface area contributed by atoms with Crippen LogP contribution < -0.4 is 0 Å². The Morgan fingerprint density at radius 1 is 0.554 bits per heavy atom. The third kappa shape index (κ3) is 28.6. The predicted molar refractivity (Wildman–Crippen MR) is 224 cm³/mol. The van der Waals surface area contributed by atoms with Gasteiger partial charge in [0, 0.05) is 12.8 Å². The molecule has 1 aliphatic heterocycles. The summed E-state index contributed by atoms with van der Waals surface area (Å²) in [5.41, 5.74) is 0. The summed E-state index contributed by atoms with van der Waals surface area (Å²) < 4.78 is 22.1. The minimum atomic E-state index is -1.59. The number of hydrogen-bond donors (Lipinski definition) is 4. The molecule has 1 rings (SSSR count). The van der Waals surface area contributed by atoms with Gasteiger partial charge in [-0.2, -0.15) is 0 Å². The molecule has 0 amide bonds. The molecule has 0 bridgehead atoms. The van der Waals surface area contributed by atoms with Crippen molar-refractivity contribution in [3.63, 3.8) is 0 Å². The molecule has 0 aliphatic carbocycles. The SMILES string of the molecule is CCC/C=C\C/C=C\CCCCCCCC(=O)OC(COC(=O)CCCCCCCCCCCCCCCCCCCC)COC1OC(CO)C(O)C(O)C1O. The second kappa shape index (κ2) is 37.5. The maximum atomic E-state index is 12.7. The highest BCUT2D eigenvalue weighted by atomic mass is 16.7. The van der Waals surface area contributed by atoms with E-state index in [1.165, 1.54) is 103 Å². The van der Waals surface area contributed by atoms with Crippen LogP contribution in [-0.2, 0) is 28.5 Å². The zero-order chi connectivity index (χ0) is 40.9. The van der Waals surface area contributed by atoms with Crippen LogP contribution >= 0.6 is 0 Å². The highest BCUT2D eigenvalue weighted by Crippen LogP contribution is 2.23. The van der Waals surface area contributed by atoms with Gasteiger partial charge in [-0.05, 0) is 38.5 Å². The standard InChI is InChI=1S/C46H84O10/c1-3-5-7-9-11-13-15-17-18-19-20-21-23-24-26-28-30-32-34-41(48)53-37-39(38-54-46-45(52)44(51)43(50)40(36-47)56-46)55-42(49)35-33-31-29-27-25-22-16-14-12-10-8-6-4-2/h8,10,14,16,39-40,43-47,50-52H,3-7,9,11-13,15,17-38H2,1-2H3/b10-8-,16-14-. The summed E-state index contributed by atoms with van der Waals surface area (Å²) >= 11 is 0. The van der Waals surface area contributed by atoms with Gasteiger partial charge in [0.25, 0.3) is 0 Å². The number of carbonyl (C=O) groups is 2. The van der Waals surface area contributed by atoms with E-state index in [1.54, 1.807) is 0 Å². The Labute approximate surface area is 341 Å². The first-order valence-electron chi connectivity index (χ1n) is 22.9. The molecule has 1 saturated heterocycles. The number of carbonyl (C=O) groups excluding carboxylic acids is 2. The number of unbranched alkanes of at least 4 members (excludes halogenated alkanes) is 23. The van der Waals surface area contributed by atoms with Gasteiger partial charge >= 0.3 is 11.9 Å². The highest BCUT2D eigenvalue weighted by Gasteiger charge is 2.44. The van der Waals surface area contributed by atoms with Crippen LogP contribution in [0.15, 0.2) is 24.3 Å². The van der Waals surface area contributed by atoms with Gasteiger partial charge in [-0.15, -0.1) is 0 Å². The minimum absolute atomic E-state index is 0.216. The van der Waals surface area contributed by atoms with E-state index in [4.69, 9.17) is 18.9 Å². The van der Waals surface area contributed by atoms with Gasteiger partial charge in [0.15, 0.2) is 12.4 Å². The van der Waals surface area contributed by atoms with Gasteiger partial charge in [0.05, 0.1) is 13.2 Å². The van der Waals surface area contributed by atoms with E-state index in [-0.39, 0.29) is 32.0 Å². The van der Waals surface area contributed by atoms with Crippen molar-refractivity contribution in [2.45, 2.75) is 237 Å². The second-order valence-electron chi connectivity index (χ2n) is 15.9. The molecule has 56 heavy (non-hydrogen) atoms. The van der Waals surface area contributed by atoms with Crippen LogP contribution in [0.4, 0.5) is 0 Å². The van der Waals surface area contributed by atoms with Crippen LogP contribution in [-0.4, -0.2) is 89.0 Å². The largest absolute Gasteiger partial charge is 0.462 e. The number of rotatable bonds is 38. The molecule has 328 valence electrons. The topological polar surface area (TPSA) is 152 Å². The first kappa shape index (κ1) is 52.2. The van der Waals surface area contributed by atoms with E-state index in [0.717, 1.165) is 64.2 Å². The van der Waals surface area contributed by atoms with Crippen molar-refractivity contribution in [1.29, 1.82) is 0 Å². The van der Waals surface area contributed by atoms with Crippen molar-refractivity contribution in [3.8, 4) is 0 Å². The van der Waals surface area contributed by atoms with Crippen LogP contribution in [0.3, 0.4) is 0 Å². The third-order valence-corrected chi connectivity index (χ3v) is 10.6. The summed E-state index contributed by atoms with van der Waals surface area (Å²) in [6, 6.07) is 0. The van der Waals surface area contributed by atoms with Crippen LogP contribution in [0, 0.1) is 0 Å². The molecule has 0 aromatic rings. The minimum Gasteiger partial charge on any atom is -0.462 e. The van der Waals surface area contributed by atoms with E-state index in [2.05, 4.69) is 38.2 Å². The summed E-state index contributed by atoms with van der Waals surface area (Å²) in [6.45, 7) is 3.36. The molecule has 0 radical (unpaired) electrons. The molecule has 0 saturated carbocycles. The number of allylic oxidation sites excluding steroid dienone is 4. The van der Waals surface area contributed by atoms with Gasteiger partial charge in [-0.3, -0.25) is 9.59 Å². The zero-order valence-corrected chi connectivity index (χ0v) is 35.6. The van der Waals surface area contributed by atoms with Crippen molar-refractivity contribution in [3.05, 3.63) is 24.3 Å². The summed E-state index contributed by atoms with van der Waals surface area (Å²) in [4.78, 5) is 25.3. The maximum absolute atomic E-state index is 12.7. The molecule has 0 aromatic heterocycles. The van der Waals surface area contributed by atoms with Crippen molar-refractivity contribution in [2.75, 3.05) is 19.8 Å². The van der Waals surface area contributed by atoms with E-state index in [1.807, 2.05) is 0 Å². The first-order chi connectivity index (χ1) is 27.3. The Kier molecular flexibility index (Phi) is 34.9. The molecular weight excluding hydrogens is 712 g/mol. The Bertz CT molecular complexity index is 970. The molecule has 1 heterocycles. The molecular formula is C46H84O10. The lowest BCUT2D eigenvalue weighted by Crippen LogP contribution is -2.59. The monoisotopic (exact) mass is 797 g/mol. The highest BCUT2D eigenvalue weighted by molar-refractivity contribution is 5.70. The average Bonchev–Trinajstić information content (AvgIpc) is 3.19. The number of aliphatic hydroxyl groups excluding tert-OH is 4. The van der Waals surface area contributed by atoms with Gasteiger partial charge in [-0.1, -0.05) is 173 Å². The maximum Gasteiger partial charge on any atom is 0.306 e. The predicted octanol–water partition coefficient (Wildman–Crippen LogP) is 9.72. The molecule has 0 spiro atoms. The number of aliphatic hydroxyl groups is 4. The number of esters is 2. The molecule has 0 aromatic carbocycles. The zero-order valence-electron chi connectivity index (χ0n) is 35.6. The third-order valence-electron chi connectivity index (χ3n) is 10.6. The van der Waals surface area contributed by atoms with Crippen LogP contribution in [0.1, 0.15) is 200 Å². The number of ether oxygens (including phenoxy) is 4. The lowest BCUT2D eigenvalue weighted by molar-refractivity contribution is -0.305. The van der Waals surface area contributed by atoms with Gasteiger partial charge < -0.3 is 39.4 Å². The molecule has 10 heteroatoms. The first-order valence-corrected chi connectivity index (χ1v) is 22.9. The molecule has 4 N–H and O–H groups in total. The van der Waals surface area contributed by atoms with Crippen molar-refractivity contribution in [2.24, 2.45) is 0 Å². The fourth-order valence-corrected chi connectivity index (χ4v) is 6.93. The van der Waals surface area contributed by atoms with Gasteiger partial charge in [0.1, 0.15) is 31.0 Å². The van der Waals surface area contributed by atoms with E-state index >= 15 is 0 Å². The van der Waals surface area contributed by atoms with Crippen molar-refractivity contribution < 1.29 is 49.0 Å². The van der Waals surface area contributed by atoms with Crippen LogP contribution in [0.5, 0.6) is 0 Å². The number of hydrogen-bond acceptors (Lipinski definition) is 10. The van der Waals surface area contributed by atoms with Crippen LogP contribution in [0.25, 0.3) is 0 Å². The molecule has 1 aliphatic rings. The fraction of sp³-hybridized carbons (Fsp3) is 0.870. The van der Waals surface area contributed by atoms with Crippen molar-refractivity contribution >= 4 is 11.9 Å².